The predicted octanol–water partition coefficient (Wildman–Crippen LogP) is 3.18. The SMILES string of the molecule is C=CCNS(=O)(=O)c1cccc(C(=O)Nc2nc3ccccc3n2CCCOCC)c1. The number of sulfonamides is 1. The zero-order chi connectivity index (χ0) is 22.3. The van der Waals surface area contributed by atoms with Crippen LogP contribution < -0.4 is 10.0 Å². The van der Waals surface area contributed by atoms with Crippen LogP contribution in [0.3, 0.4) is 0 Å². The zero-order valence-electron chi connectivity index (χ0n) is 17.4. The highest BCUT2D eigenvalue weighted by atomic mass is 32.2. The van der Waals surface area contributed by atoms with E-state index in [0.29, 0.717) is 25.7 Å². The lowest BCUT2D eigenvalue weighted by Gasteiger charge is -2.11. The molecule has 2 aromatic carbocycles. The van der Waals surface area contributed by atoms with Crippen LogP contribution in [0.15, 0.2) is 66.1 Å². The van der Waals surface area contributed by atoms with Gasteiger partial charge in [0.05, 0.1) is 15.9 Å². The molecule has 1 amide bonds. The molecule has 31 heavy (non-hydrogen) atoms. The van der Waals surface area contributed by atoms with Crippen molar-refractivity contribution in [1.29, 1.82) is 0 Å². The van der Waals surface area contributed by atoms with Gasteiger partial charge in [-0.25, -0.2) is 18.1 Å². The van der Waals surface area contributed by atoms with Gasteiger partial charge in [-0.15, -0.1) is 6.58 Å². The number of amides is 1. The molecule has 0 aliphatic heterocycles. The van der Waals surface area contributed by atoms with Gasteiger partial charge in [0.1, 0.15) is 0 Å². The number of para-hydroxylation sites is 2. The van der Waals surface area contributed by atoms with E-state index >= 15 is 0 Å². The molecule has 0 bridgehead atoms. The molecule has 0 unspecified atom stereocenters. The molecule has 2 N–H and O–H groups in total. The van der Waals surface area contributed by atoms with Gasteiger partial charge in [0, 0.05) is 31.9 Å². The van der Waals surface area contributed by atoms with Gasteiger partial charge in [0.25, 0.3) is 5.91 Å². The summed E-state index contributed by atoms with van der Waals surface area (Å²) in [4.78, 5) is 17.4. The van der Waals surface area contributed by atoms with Crippen LogP contribution in [0.4, 0.5) is 5.95 Å². The van der Waals surface area contributed by atoms with Gasteiger partial charge in [-0.1, -0.05) is 24.3 Å². The summed E-state index contributed by atoms with van der Waals surface area (Å²) >= 11 is 0. The van der Waals surface area contributed by atoms with Gasteiger partial charge in [-0.3, -0.25) is 10.1 Å². The topological polar surface area (TPSA) is 102 Å². The Balaban J connectivity index is 1.85. The fourth-order valence-corrected chi connectivity index (χ4v) is 4.14. The maximum Gasteiger partial charge on any atom is 0.258 e. The average molecular weight is 443 g/mol. The summed E-state index contributed by atoms with van der Waals surface area (Å²) in [5.74, 6) is -0.0390. The van der Waals surface area contributed by atoms with E-state index in [0.717, 1.165) is 17.5 Å². The third-order valence-corrected chi connectivity index (χ3v) is 6.00. The Bertz CT molecular complexity index is 1170. The predicted molar refractivity (Wildman–Crippen MR) is 121 cm³/mol. The standard InChI is InChI=1S/C22H26N4O4S/c1-3-13-23-31(28,29)18-10-7-9-17(16-18)21(27)25-22-24-19-11-5-6-12-20(19)26(22)14-8-15-30-4-2/h3,5-7,9-12,16,23H,1,4,8,13-15H2,2H3,(H,24,25,27). The summed E-state index contributed by atoms with van der Waals surface area (Å²) in [6.07, 6.45) is 2.21. The van der Waals surface area contributed by atoms with Crippen molar-refractivity contribution in [3.63, 3.8) is 0 Å². The van der Waals surface area contributed by atoms with Crippen LogP contribution >= 0.6 is 0 Å². The van der Waals surface area contributed by atoms with Crippen molar-refractivity contribution in [2.24, 2.45) is 0 Å². The molecule has 0 saturated heterocycles. The minimum atomic E-state index is -3.73. The molecule has 3 rings (SSSR count). The van der Waals surface area contributed by atoms with Crippen LogP contribution in [-0.2, 0) is 21.3 Å². The lowest BCUT2D eigenvalue weighted by Crippen LogP contribution is -2.24. The average Bonchev–Trinajstić information content (AvgIpc) is 3.12. The Morgan fingerprint density at radius 3 is 2.81 bits per heavy atom. The molecular formula is C22H26N4O4S. The van der Waals surface area contributed by atoms with Crippen LogP contribution in [0.2, 0.25) is 0 Å². The molecule has 1 heterocycles. The number of nitrogens with zero attached hydrogens (tertiary/aromatic N) is 2. The second kappa shape index (κ2) is 10.3. The highest BCUT2D eigenvalue weighted by Crippen LogP contribution is 2.21. The molecule has 0 saturated carbocycles. The summed E-state index contributed by atoms with van der Waals surface area (Å²) in [5, 5.41) is 2.82. The van der Waals surface area contributed by atoms with Crippen LogP contribution in [0, 0.1) is 0 Å². The van der Waals surface area contributed by atoms with Gasteiger partial charge in [-0.05, 0) is 43.7 Å². The Labute approximate surface area is 182 Å². The van der Waals surface area contributed by atoms with Crippen molar-refractivity contribution in [2.45, 2.75) is 24.8 Å². The van der Waals surface area contributed by atoms with Gasteiger partial charge in [0.2, 0.25) is 16.0 Å². The highest BCUT2D eigenvalue weighted by Gasteiger charge is 2.18. The number of aryl methyl sites for hydroxylation is 1. The number of anilines is 1. The van der Waals surface area contributed by atoms with Gasteiger partial charge in [0.15, 0.2) is 0 Å². The van der Waals surface area contributed by atoms with Crippen LogP contribution in [0.25, 0.3) is 11.0 Å². The number of fused-ring (bicyclic) bond motifs is 1. The van der Waals surface area contributed by atoms with Crippen molar-refractivity contribution < 1.29 is 17.9 Å². The smallest absolute Gasteiger partial charge is 0.258 e. The largest absolute Gasteiger partial charge is 0.382 e. The number of hydrogen-bond donors (Lipinski definition) is 2. The molecule has 0 aliphatic rings. The van der Waals surface area contributed by atoms with E-state index in [1.807, 2.05) is 35.8 Å². The summed E-state index contributed by atoms with van der Waals surface area (Å²) in [5.41, 5.74) is 1.88. The summed E-state index contributed by atoms with van der Waals surface area (Å²) in [6, 6.07) is 13.5. The van der Waals surface area contributed by atoms with E-state index in [2.05, 4.69) is 21.6 Å². The summed E-state index contributed by atoms with van der Waals surface area (Å²) in [7, 11) is -3.73. The Morgan fingerprint density at radius 2 is 2.03 bits per heavy atom. The number of hydrogen-bond acceptors (Lipinski definition) is 5. The monoisotopic (exact) mass is 442 g/mol. The molecule has 0 atom stereocenters. The van der Waals surface area contributed by atoms with E-state index in [9.17, 15) is 13.2 Å². The summed E-state index contributed by atoms with van der Waals surface area (Å²) in [6.45, 7) is 7.42. The van der Waals surface area contributed by atoms with Crippen LogP contribution in [-0.4, -0.2) is 43.6 Å². The Hall–Kier alpha value is -3.01. The number of rotatable bonds is 11. The number of ether oxygens (including phenoxy) is 1. The molecule has 0 aliphatic carbocycles. The molecule has 8 nitrogen and oxygen atoms in total. The fourth-order valence-electron chi connectivity index (χ4n) is 3.10. The zero-order valence-corrected chi connectivity index (χ0v) is 18.2. The first-order valence-corrected chi connectivity index (χ1v) is 11.5. The Kier molecular flexibility index (Phi) is 7.56. The van der Waals surface area contributed by atoms with Gasteiger partial charge >= 0.3 is 0 Å². The quantitative estimate of drug-likeness (QED) is 0.351. The number of aromatic nitrogens is 2. The normalized spacial score (nSPS) is 11.5. The molecule has 3 aromatic rings. The third kappa shape index (κ3) is 5.57. The molecule has 164 valence electrons. The van der Waals surface area contributed by atoms with Crippen molar-refractivity contribution in [3.8, 4) is 0 Å². The fraction of sp³-hybridized carbons (Fsp3) is 0.273. The lowest BCUT2D eigenvalue weighted by atomic mass is 10.2. The summed E-state index contributed by atoms with van der Waals surface area (Å²) < 4.78 is 34.4. The van der Waals surface area contributed by atoms with Crippen LogP contribution in [0.5, 0.6) is 0 Å². The van der Waals surface area contributed by atoms with Crippen molar-refractivity contribution >= 4 is 32.9 Å². The highest BCUT2D eigenvalue weighted by molar-refractivity contribution is 7.89. The second-order valence-electron chi connectivity index (χ2n) is 6.75. The molecule has 0 spiro atoms. The second-order valence-corrected chi connectivity index (χ2v) is 8.52. The first kappa shape index (κ1) is 22.7. The van der Waals surface area contributed by atoms with Gasteiger partial charge < -0.3 is 9.30 Å². The maximum atomic E-state index is 12.9. The molecule has 1 aromatic heterocycles. The van der Waals surface area contributed by atoms with E-state index in [-0.39, 0.29) is 17.0 Å². The minimum absolute atomic E-state index is 0.00668. The first-order chi connectivity index (χ1) is 15.0. The van der Waals surface area contributed by atoms with E-state index in [1.54, 1.807) is 6.07 Å². The van der Waals surface area contributed by atoms with Crippen molar-refractivity contribution in [2.75, 3.05) is 25.1 Å². The van der Waals surface area contributed by atoms with E-state index in [4.69, 9.17) is 4.74 Å². The van der Waals surface area contributed by atoms with E-state index < -0.39 is 15.9 Å². The lowest BCUT2D eigenvalue weighted by molar-refractivity contribution is 0.102. The molecule has 9 heteroatoms. The maximum absolute atomic E-state index is 12.9. The van der Waals surface area contributed by atoms with Crippen molar-refractivity contribution in [1.82, 2.24) is 14.3 Å². The third-order valence-electron chi connectivity index (χ3n) is 4.58. The van der Waals surface area contributed by atoms with Crippen molar-refractivity contribution in [3.05, 3.63) is 66.7 Å². The number of benzene rings is 2. The Morgan fingerprint density at radius 1 is 1.23 bits per heavy atom. The van der Waals surface area contributed by atoms with Crippen LogP contribution in [0.1, 0.15) is 23.7 Å². The minimum Gasteiger partial charge on any atom is -0.382 e. The number of nitrogens with one attached hydrogen (secondary N) is 2. The number of carbonyl (C=O) groups is 1. The van der Waals surface area contributed by atoms with Gasteiger partial charge in [-0.2, -0.15) is 0 Å². The molecular weight excluding hydrogens is 416 g/mol. The number of imidazole rings is 1. The molecule has 0 fully saturated rings. The van der Waals surface area contributed by atoms with E-state index in [1.165, 1.54) is 24.3 Å². The molecule has 0 radical (unpaired) electrons. The number of carbonyl (C=O) groups excluding carboxylic acids is 1. The first-order valence-electron chi connectivity index (χ1n) is 10.0.